The Balaban J connectivity index is 2.10. The Morgan fingerprint density at radius 2 is 1.50 bits per heavy atom. The molecule has 1 aromatic heterocycles. The van der Waals surface area contributed by atoms with Gasteiger partial charge in [-0.25, -0.2) is 14.6 Å². The van der Waals surface area contributed by atoms with Gasteiger partial charge in [0.1, 0.15) is 5.82 Å². The molecular weight excluding hydrogens is 356 g/mol. The second kappa shape index (κ2) is 8.52. The van der Waals surface area contributed by atoms with Crippen LogP contribution in [0.3, 0.4) is 0 Å². The highest BCUT2D eigenvalue weighted by Crippen LogP contribution is 2.27. The highest BCUT2D eigenvalue weighted by atomic mass is 16.5. The number of hydrogen-bond donors (Lipinski definition) is 0. The lowest BCUT2D eigenvalue weighted by atomic mass is 10.1. The Labute approximate surface area is 163 Å². The van der Waals surface area contributed by atoms with E-state index in [0.717, 1.165) is 11.3 Å². The van der Waals surface area contributed by atoms with Crippen molar-refractivity contribution in [1.29, 1.82) is 0 Å². The lowest BCUT2D eigenvalue weighted by Gasteiger charge is -2.10. The van der Waals surface area contributed by atoms with Crippen LogP contribution in [-0.4, -0.2) is 34.7 Å². The number of aromatic nitrogens is 2. The second-order valence-electron chi connectivity index (χ2n) is 6.06. The van der Waals surface area contributed by atoms with Crippen LogP contribution in [0.5, 0.6) is 0 Å². The van der Waals surface area contributed by atoms with E-state index in [1.165, 1.54) is 0 Å². The van der Waals surface area contributed by atoms with Gasteiger partial charge in [-0.1, -0.05) is 30.3 Å². The standard InChI is InChI=1S/C22H22N2O4/c1-4-27-21(25)17-13-11-16(12-14-17)20-23-19(22(26)28-5-2)15(3)24(20)18-9-7-6-8-10-18/h6-14H,4-5H2,1-3H3. The summed E-state index contributed by atoms with van der Waals surface area (Å²) in [7, 11) is 0. The van der Waals surface area contributed by atoms with E-state index in [9.17, 15) is 9.59 Å². The van der Waals surface area contributed by atoms with Gasteiger partial charge in [-0.2, -0.15) is 0 Å². The minimum absolute atomic E-state index is 0.273. The summed E-state index contributed by atoms with van der Waals surface area (Å²) in [4.78, 5) is 28.8. The maximum atomic E-state index is 12.3. The number of hydrogen-bond acceptors (Lipinski definition) is 5. The number of rotatable bonds is 6. The lowest BCUT2D eigenvalue weighted by Crippen LogP contribution is -2.07. The van der Waals surface area contributed by atoms with E-state index in [0.29, 0.717) is 23.7 Å². The fourth-order valence-corrected chi connectivity index (χ4v) is 2.95. The van der Waals surface area contributed by atoms with Gasteiger partial charge < -0.3 is 9.47 Å². The van der Waals surface area contributed by atoms with Crippen LogP contribution in [0.15, 0.2) is 54.6 Å². The predicted octanol–water partition coefficient (Wildman–Crippen LogP) is 4.20. The van der Waals surface area contributed by atoms with Crippen LogP contribution in [0, 0.1) is 6.92 Å². The zero-order chi connectivity index (χ0) is 20.1. The van der Waals surface area contributed by atoms with Crippen molar-refractivity contribution >= 4 is 11.9 Å². The van der Waals surface area contributed by atoms with Crippen LogP contribution < -0.4 is 0 Å². The number of nitrogens with zero attached hydrogens (tertiary/aromatic N) is 2. The van der Waals surface area contributed by atoms with Crippen molar-refractivity contribution in [2.75, 3.05) is 13.2 Å². The molecule has 6 heteroatoms. The van der Waals surface area contributed by atoms with E-state index >= 15 is 0 Å². The van der Waals surface area contributed by atoms with Gasteiger partial charge in [0.05, 0.1) is 24.5 Å². The summed E-state index contributed by atoms with van der Waals surface area (Å²) < 4.78 is 12.1. The molecule has 0 amide bonds. The smallest absolute Gasteiger partial charge is 0.358 e. The Morgan fingerprint density at radius 3 is 2.11 bits per heavy atom. The van der Waals surface area contributed by atoms with E-state index in [4.69, 9.17) is 9.47 Å². The summed E-state index contributed by atoms with van der Waals surface area (Å²) in [5.41, 5.74) is 3.08. The molecule has 0 N–H and O–H groups in total. The molecule has 3 rings (SSSR count). The molecule has 144 valence electrons. The molecule has 0 aliphatic rings. The molecule has 0 aliphatic heterocycles. The zero-order valence-electron chi connectivity index (χ0n) is 16.1. The first-order valence-corrected chi connectivity index (χ1v) is 9.16. The normalized spacial score (nSPS) is 10.5. The number of carbonyl (C=O) groups is 2. The third kappa shape index (κ3) is 3.81. The fourth-order valence-electron chi connectivity index (χ4n) is 2.95. The zero-order valence-corrected chi connectivity index (χ0v) is 16.1. The van der Waals surface area contributed by atoms with Crippen LogP contribution in [0.4, 0.5) is 0 Å². The van der Waals surface area contributed by atoms with Gasteiger partial charge in [0, 0.05) is 11.3 Å². The van der Waals surface area contributed by atoms with Crippen LogP contribution in [0.25, 0.3) is 17.1 Å². The third-order valence-corrected chi connectivity index (χ3v) is 4.25. The van der Waals surface area contributed by atoms with Crippen molar-refractivity contribution < 1.29 is 19.1 Å². The van der Waals surface area contributed by atoms with Gasteiger partial charge in [-0.3, -0.25) is 4.57 Å². The van der Waals surface area contributed by atoms with Crippen LogP contribution in [0.1, 0.15) is 40.4 Å². The van der Waals surface area contributed by atoms with Gasteiger partial charge in [0.2, 0.25) is 0 Å². The highest BCUT2D eigenvalue weighted by molar-refractivity contribution is 5.91. The van der Waals surface area contributed by atoms with Gasteiger partial charge in [-0.05, 0) is 45.0 Å². The summed E-state index contributed by atoms with van der Waals surface area (Å²) >= 11 is 0. The number of esters is 2. The molecule has 0 saturated heterocycles. The molecule has 3 aromatic rings. The van der Waals surface area contributed by atoms with E-state index in [1.54, 1.807) is 38.1 Å². The first-order chi connectivity index (χ1) is 13.6. The number of benzene rings is 2. The first kappa shape index (κ1) is 19.4. The molecule has 6 nitrogen and oxygen atoms in total. The maximum Gasteiger partial charge on any atom is 0.358 e. The van der Waals surface area contributed by atoms with E-state index in [2.05, 4.69) is 4.98 Å². The van der Waals surface area contributed by atoms with E-state index < -0.39 is 5.97 Å². The van der Waals surface area contributed by atoms with E-state index in [-0.39, 0.29) is 18.3 Å². The van der Waals surface area contributed by atoms with Gasteiger partial charge >= 0.3 is 11.9 Å². The number of ether oxygens (including phenoxy) is 2. The first-order valence-electron chi connectivity index (χ1n) is 9.16. The minimum atomic E-state index is -0.459. The quantitative estimate of drug-likeness (QED) is 0.601. The summed E-state index contributed by atoms with van der Waals surface area (Å²) in [5.74, 6) is -0.231. The molecule has 0 spiro atoms. The molecule has 0 atom stereocenters. The molecule has 0 saturated carbocycles. The fraction of sp³-hybridized carbons (Fsp3) is 0.227. The molecule has 0 aliphatic carbocycles. The van der Waals surface area contributed by atoms with Crippen molar-refractivity contribution in [3.8, 4) is 17.1 Å². The summed E-state index contributed by atoms with van der Waals surface area (Å²) in [6.45, 7) is 5.96. The van der Waals surface area contributed by atoms with Crippen molar-refractivity contribution in [2.45, 2.75) is 20.8 Å². The second-order valence-corrected chi connectivity index (χ2v) is 6.06. The molecular formula is C22H22N2O4. The molecule has 28 heavy (non-hydrogen) atoms. The predicted molar refractivity (Wildman–Crippen MR) is 106 cm³/mol. The summed E-state index contributed by atoms with van der Waals surface area (Å²) in [5, 5.41) is 0. The van der Waals surface area contributed by atoms with Crippen molar-refractivity contribution in [3.63, 3.8) is 0 Å². The maximum absolute atomic E-state index is 12.3. The summed E-state index contributed by atoms with van der Waals surface area (Å²) in [6.07, 6.45) is 0. The number of imidazole rings is 1. The monoisotopic (exact) mass is 378 g/mol. The lowest BCUT2D eigenvalue weighted by molar-refractivity contribution is 0.0512. The van der Waals surface area contributed by atoms with Gasteiger partial charge in [0.15, 0.2) is 5.69 Å². The van der Waals surface area contributed by atoms with Crippen molar-refractivity contribution in [3.05, 3.63) is 71.5 Å². The average Bonchev–Trinajstić information content (AvgIpc) is 3.06. The Kier molecular flexibility index (Phi) is 5.89. The topological polar surface area (TPSA) is 70.4 Å². The van der Waals surface area contributed by atoms with Crippen LogP contribution in [-0.2, 0) is 9.47 Å². The average molecular weight is 378 g/mol. The van der Waals surface area contributed by atoms with Crippen LogP contribution >= 0.6 is 0 Å². The number of carbonyl (C=O) groups excluding carboxylic acids is 2. The van der Waals surface area contributed by atoms with Crippen molar-refractivity contribution in [2.24, 2.45) is 0 Å². The van der Waals surface area contributed by atoms with E-state index in [1.807, 2.05) is 41.8 Å². The highest BCUT2D eigenvalue weighted by Gasteiger charge is 2.22. The molecule has 1 heterocycles. The number of para-hydroxylation sites is 1. The third-order valence-electron chi connectivity index (χ3n) is 4.25. The molecule has 0 unspecified atom stereocenters. The van der Waals surface area contributed by atoms with Gasteiger partial charge in [0.25, 0.3) is 0 Å². The van der Waals surface area contributed by atoms with Crippen molar-refractivity contribution in [1.82, 2.24) is 9.55 Å². The Bertz CT molecular complexity index is 976. The molecule has 2 aromatic carbocycles. The molecule has 0 fully saturated rings. The Morgan fingerprint density at radius 1 is 0.893 bits per heavy atom. The largest absolute Gasteiger partial charge is 0.462 e. The Hall–Kier alpha value is -3.41. The van der Waals surface area contributed by atoms with Gasteiger partial charge in [-0.15, -0.1) is 0 Å². The molecule has 0 radical (unpaired) electrons. The SMILES string of the molecule is CCOC(=O)c1ccc(-c2nc(C(=O)OCC)c(C)n2-c2ccccc2)cc1. The summed E-state index contributed by atoms with van der Waals surface area (Å²) in [6, 6.07) is 16.6. The minimum Gasteiger partial charge on any atom is -0.462 e. The molecule has 0 bridgehead atoms. The van der Waals surface area contributed by atoms with Crippen LogP contribution in [0.2, 0.25) is 0 Å².